The minimum Gasteiger partial charge on any atom is -0.357 e. The smallest absolute Gasteiger partial charge is 0.191 e. The maximum Gasteiger partial charge on any atom is 0.191 e. The molecule has 0 aliphatic carbocycles. The van der Waals surface area contributed by atoms with Crippen LogP contribution >= 0.6 is 0 Å². The average molecular weight is 340 g/mol. The summed E-state index contributed by atoms with van der Waals surface area (Å²) >= 11 is 0. The number of hydrogen-bond donors (Lipinski definition) is 2. The Morgan fingerprint density at radius 1 is 1.17 bits per heavy atom. The summed E-state index contributed by atoms with van der Waals surface area (Å²) in [6.07, 6.45) is 1.90. The molecular weight excluding hydrogens is 310 g/mol. The summed E-state index contributed by atoms with van der Waals surface area (Å²) in [5, 5.41) is 6.53. The highest BCUT2D eigenvalue weighted by atomic mass is 32.2. The second-order valence-corrected chi connectivity index (χ2v) is 8.84. The molecule has 0 aliphatic heterocycles. The van der Waals surface area contributed by atoms with Crippen LogP contribution in [0.25, 0.3) is 0 Å². The molecule has 0 aliphatic rings. The van der Waals surface area contributed by atoms with E-state index in [0.717, 1.165) is 18.1 Å². The van der Waals surface area contributed by atoms with E-state index in [1.807, 2.05) is 37.3 Å². The molecule has 0 saturated carbocycles. The van der Waals surface area contributed by atoms with E-state index >= 15 is 0 Å². The van der Waals surface area contributed by atoms with Gasteiger partial charge in [-0.15, -0.1) is 0 Å². The minimum absolute atomic E-state index is 0.119. The molecule has 0 atom stereocenters. The highest BCUT2D eigenvalue weighted by Crippen LogP contribution is 2.19. The van der Waals surface area contributed by atoms with E-state index in [9.17, 15) is 8.42 Å². The fraction of sp³-hybridized carbons (Fsp3) is 0.588. The zero-order valence-electron chi connectivity index (χ0n) is 14.6. The third kappa shape index (κ3) is 9.23. The molecule has 1 rings (SSSR count). The van der Waals surface area contributed by atoms with Gasteiger partial charge in [-0.3, -0.25) is 0 Å². The van der Waals surface area contributed by atoms with Gasteiger partial charge in [0.05, 0.1) is 12.3 Å². The number of sulfone groups is 1. The lowest BCUT2D eigenvalue weighted by atomic mass is 9.90. The monoisotopic (exact) mass is 339 g/mol. The lowest BCUT2D eigenvalue weighted by Gasteiger charge is -2.25. The Bertz CT molecular complexity index is 596. The zero-order valence-corrected chi connectivity index (χ0v) is 15.4. The highest BCUT2D eigenvalue weighted by molar-refractivity contribution is 7.90. The van der Waals surface area contributed by atoms with Crippen LogP contribution in [-0.2, 0) is 16.4 Å². The summed E-state index contributed by atoms with van der Waals surface area (Å²) in [6, 6.07) is 10.1. The molecule has 23 heavy (non-hydrogen) atoms. The topological polar surface area (TPSA) is 70.6 Å². The second kappa shape index (κ2) is 8.91. The average Bonchev–Trinajstić information content (AvgIpc) is 2.49. The molecule has 0 radical (unpaired) electrons. The van der Waals surface area contributed by atoms with Gasteiger partial charge in [0.15, 0.2) is 5.96 Å². The number of rotatable bonds is 8. The van der Waals surface area contributed by atoms with Crippen molar-refractivity contribution in [2.24, 2.45) is 10.4 Å². The van der Waals surface area contributed by atoms with Crippen LogP contribution in [0, 0.1) is 5.41 Å². The molecule has 0 amide bonds. The van der Waals surface area contributed by atoms with Crippen molar-refractivity contribution < 1.29 is 8.42 Å². The predicted octanol–water partition coefficient (Wildman–Crippen LogP) is 2.20. The van der Waals surface area contributed by atoms with E-state index in [1.165, 1.54) is 6.26 Å². The van der Waals surface area contributed by atoms with Crippen LogP contribution < -0.4 is 10.6 Å². The first-order valence-corrected chi connectivity index (χ1v) is 10.0. The molecule has 0 bridgehead atoms. The Morgan fingerprint density at radius 2 is 1.83 bits per heavy atom. The number of nitrogens with one attached hydrogen (secondary N) is 2. The SMILES string of the molecule is CCNC(=NCc1ccccc1)NCC(C)(C)CCS(C)(=O)=O. The molecule has 0 spiro atoms. The molecule has 0 saturated heterocycles. The van der Waals surface area contributed by atoms with Crippen LogP contribution in [0.3, 0.4) is 0 Å². The highest BCUT2D eigenvalue weighted by Gasteiger charge is 2.20. The molecular formula is C17H29N3O2S. The van der Waals surface area contributed by atoms with Gasteiger partial charge in [-0.1, -0.05) is 44.2 Å². The summed E-state index contributed by atoms with van der Waals surface area (Å²) in [5.41, 5.74) is 1.03. The minimum atomic E-state index is -2.93. The normalized spacial score (nSPS) is 13.0. The second-order valence-electron chi connectivity index (χ2n) is 6.58. The van der Waals surface area contributed by atoms with Gasteiger partial charge in [0.25, 0.3) is 0 Å². The summed E-state index contributed by atoms with van der Waals surface area (Å²) < 4.78 is 22.6. The molecule has 0 aromatic heterocycles. The number of guanidine groups is 1. The quantitative estimate of drug-likeness (QED) is 0.563. The number of nitrogens with zero attached hydrogens (tertiary/aromatic N) is 1. The van der Waals surface area contributed by atoms with Crippen molar-refractivity contribution >= 4 is 15.8 Å². The Hall–Kier alpha value is -1.56. The first-order valence-electron chi connectivity index (χ1n) is 7.96. The van der Waals surface area contributed by atoms with Crippen LogP contribution in [0.4, 0.5) is 0 Å². The van der Waals surface area contributed by atoms with E-state index in [0.29, 0.717) is 19.5 Å². The van der Waals surface area contributed by atoms with Crippen molar-refractivity contribution in [3.05, 3.63) is 35.9 Å². The van der Waals surface area contributed by atoms with E-state index in [1.54, 1.807) is 0 Å². The van der Waals surface area contributed by atoms with Gasteiger partial charge in [0.1, 0.15) is 9.84 Å². The molecule has 5 nitrogen and oxygen atoms in total. The largest absolute Gasteiger partial charge is 0.357 e. The van der Waals surface area contributed by atoms with Crippen LogP contribution in [-0.4, -0.2) is 39.5 Å². The van der Waals surface area contributed by atoms with Crippen molar-refractivity contribution in [2.75, 3.05) is 25.1 Å². The third-order valence-electron chi connectivity index (χ3n) is 3.49. The van der Waals surface area contributed by atoms with Crippen LogP contribution in [0.2, 0.25) is 0 Å². The van der Waals surface area contributed by atoms with E-state index in [2.05, 4.69) is 29.5 Å². The Morgan fingerprint density at radius 3 is 2.39 bits per heavy atom. The van der Waals surface area contributed by atoms with E-state index in [4.69, 9.17) is 0 Å². The lowest BCUT2D eigenvalue weighted by Crippen LogP contribution is -2.42. The van der Waals surface area contributed by atoms with Crippen LogP contribution in [0.15, 0.2) is 35.3 Å². The first kappa shape index (κ1) is 19.5. The van der Waals surface area contributed by atoms with Crippen LogP contribution in [0.1, 0.15) is 32.8 Å². The van der Waals surface area contributed by atoms with Gasteiger partial charge in [0, 0.05) is 19.3 Å². The van der Waals surface area contributed by atoms with Gasteiger partial charge < -0.3 is 10.6 Å². The molecule has 6 heteroatoms. The lowest BCUT2D eigenvalue weighted by molar-refractivity contribution is 0.348. The van der Waals surface area contributed by atoms with E-state index < -0.39 is 9.84 Å². The molecule has 1 aromatic rings. The molecule has 0 heterocycles. The van der Waals surface area contributed by atoms with Crippen LogP contribution in [0.5, 0.6) is 0 Å². The third-order valence-corrected chi connectivity index (χ3v) is 4.44. The number of hydrogen-bond acceptors (Lipinski definition) is 3. The predicted molar refractivity (Wildman–Crippen MR) is 97.4 cm³/mol. The summed E-state index contributed by atoms with van der Waals surface area (Å²) in [4.78, 5) is 4.57. The van der Waals surface area contributed by atoms with Gasteiger partial charge in [0.2, 0.25) is 0 Å². The Kier molecular flexibility index (Phi) is 7.55. The maximum absolute atomic E-state index is 11.3. The molecule has 0 fully saturated rings. The standard InChI is InChI=1S/C17H29N3O2S/c1-5-18-16(19-13-15-9-7-6-8-10-15)20-14-17(2,3)11-12-23(4,21)22/h6-10H,5,11-14H2,1-4H3,(H2,18,19,20). The first-order chi connectivity index (χ1) is 10.7. The fourth-order valence-electron chi connectivity index (χ4n) is 1.97. The van der Waals surface area contributed by atoms with Crippen molar-refractivity contribution in [3.8, 4) is 0 Å². The maximum atomic E-state index is 11.3. The van der Waals surface area contributed by atoms with Gasteiger partial charge in [-0.25, -0.2) is 13.4 Å². The van der Waals surface area contributed by atoms with Crippen molar-refractivity contribution in [3.63, 3.8) is 0 Å². The summed E-state index contributed by atoms with van der Waals surface area (Å²) in [6.45, 7) is 8.21. The van der Waals surface area contributed by atoms with Crippen molar-refractivity contribution in [1.29, 1.82) is 0 Å². The van der Waals surface area contributed by atoms with E-state index in [-0.39, 0.29) is 11.2 Å². The molecule has 2 N–H and O–H groups in total. The molecule has 130 valence electrons. The van der Waals surface area contributed by atoms with Gasteiger partial charge in [-0.05, 0) is 24.3 Å². The fourth-order valence-corrected chi connectivity index (χ4v) is 2.89. The number of benzene rings is 1. The Balaban J connectivity index is 2.58. The Labute approximate surface area is 140 Å². The van der Waals surface area contributed by atoms with Crippen molar-refractivity contribution in [1.82, 2.24) is 10.6 Å². The molecule has 1 aromatic carbocycles. The number of aliphatic imine (C=N–C) groups is 1. The van der Waals surface area contributed by atoms with Gasteiger partial charge in [-0.2, -0.15) is 0 Å². The summed E-state index contributed by atoms with van der Waals surface area (Å²) in [5.74, 6) is 0.961. The van der Waals surface area contributed by atoms with Gasteiger partial charge >= 0.3 is 0 Å². The zero-order chi connectivity index (χ0) is 17.3. The molecule has 0 unspecified atom stereocenters. The van der Waals surface area contributed by atoms with Crippen molar-refractivity contribution in [2.45, 2.75) is 33.7 Å². The summed E-state index contributed by atoms with van der Waals surface area (Å²) in [7, 11) is -2.93.